The van der Waals surface area contributed by atoms with Gasteiger partial charge in [-0.3, -0.25) is 9.88 Å². The average molecular weight is 348 g/mol. The summed E-state index contributed by atoms with van der Waals surface area (Å²) in [5, 5.41) is 11.4. The molecule has 4 N–H and O–H groups in total. The van der Waals surface area contributed by atoms with Gasteiger partial charge in [0.05, 0.1) is 6.54 Å². The summed E-state index contributed by atoms with van der Waals surface area (Å²) in [6.07, 6.45) is 0.960. The Labute approximate surface area is 143 Å². The van der Waals surface area contributed by atoms with Gasteiger partial charge in [-0.2, -0.15) is 5.10 Å². The Hall–Kier alpha value is -2.68. The van der Waals surface area contributed by atoms with Gasteiger partial charge in [0.1, 0.15) is 11.6 Å². The number of benzene rings is 1. The first kappa shape index (κ1) is 17.2. The average Bonchev–Trinajstić information content (AvgIpc) is 3.22. The lowest BCUT2D eigenvalue weighted by Crippen LogP contribution is -2.38. The molecule has 3 rings (SSSR count). The molecule has 9 heteroatoms. The largest absolute Gasteiger partial charge is 0.340 e. The van der Waals surface area contributed by atoms with Crippen LogP contribution in [0.1, 0.15) is 17.8 Å². The number of aromatic amines is 2. The van der Waals surface area contributed by atoms with E-state index in [0.29, 0.717) is 30.4 Å². The van der Waals surface area contributed by atoms with Crippen molar-refractivity contribution in [3.8, 4) is 0 Å². The Balaban J connectivity index is 1.37. The van der Waals surface area contributed by atoms with E-state index in [1.54, 1.807) is 12.1 Å². The molecule has 2 amide bonds. The van der Waals surface area contributed by atoms with Crippen LogP contribution < -0.4 is 16.3 Å². The first-order valence-electron chi connectivity index (χ1n) is 8.21. The number of rotatable bonds is 6. The highest BCUT2D eigenvalue weighted by atomic mass is 19.1. The maximum absolute atomic E-state index is 13.7. The highest BCUT2D eigenvalue weighted by Crippen LogP contribution is 2.19. The highest BCUT2D eigenvalue weighted by molar-refractivity contribution is 5.73. The molecule has 1 fully saturated rings. The number of aromatic nitrogens is 3. The topological polar surface area (TPSA) is 106 Å². The van der Waals surface area contributed by atoms with Crippen LogP contribution in [0.5, 0.6) is 0 Å². The summed E-state index contributed by atoms with van der Waals surface area (Å²) in [4.78, 5) is 27.3. The molecule has 1 aromatic heterocycles. The fraction of sp³-hybridized carbons (Fsp3) is 0.438. The standard InChI is InChI=1S/C16H21FN6O2/c17-13-4-2-1-3-12(13)10-23-6-5-11(9-23)7-18-15(24)19-8-14-20-16(25)22-21-14/h1-4,11H,5-10H2,(H2,18,19,24)(H2,20,21,22,25). The fourth-order valence-electron chi connectivity index (χ4n) is 2.94. The number of carbonyl (C=O) groups excluding carboxylic acids is 1. The van der Waals surface area contributed by atoms with Crippen molar-refractivity contribution >= 4 is 6.03 Å². The second-order valence-electron chi connectivity index (χ2n) is 6.17. The summed E-state index contributed by atoms with van der Waals surface area (Å²) in [6, 6.07) is 6.49. The summed E-state index contributed by atoms with van der Waals surface area (Å²) in [5.74, 6) is 0.527. The summed E-state index contributed by atoms with van der Waals surface area (Å²) in [7, 11) is 0. The molecule has 134 valence electrons. The van der Waals surface area contributed by atoms with Crippen molar-refractivity contribution in [2.75, 3.05) is 19.6 Å². The number of hydrogen-bond acceptors (Lipinski definition) is 4. The predicted molar refractivity (Wildman–Crippen MR) is 89.2 cm³/mol. The highest BCUT2D eigenvalue weighted by Gasteiger charge is 2.23. The minimum absolute atomic E-state index is 0.147. The van der Waals surface area contributed by atoms with E-state index in [1.807, 2.05) is 6.07 Å². The van der Waals surface area contributed by atoms with Gasteiger partial charge in [-0.05, 0) is 24.9 Å². The van der Waals surface area contributed by atoms with Crippen LogP contribution >= 0.6 is 0 Å². The van der Waals surface area contributed by atoms with E-state index in [2.05, 4.69) is 30.7 Å². The van der Waals surface area contributed by atoms with Gasteiger partial charge in [0.15, 0.2) is 0 Å². The van der Waals surface area contributed by atoms with Gasteiger partial charge in [-0.25, -0.2) is 19.1 Å². The van der Waals surface area contributed by atoms with Crippen molar-refractivity contribution in [2.24, 2.45) is 5.92 Å². The summed E-state index contributed by atoms with van der Waals surface area (Å²) in [5.41, 5.74) is 0.292. The third-order valence-corrected chi connectivity index (χ3v) is 4.24. The number of nitrogens with zero attached hydrogens (tertiary/aromatic N) is 2. The summed E-state index contributed by atoms with van der Waals surface area (Å²) < 4.78 is 13.7. The van der Waals surface area contributed by atoms with E-state index < -0.39 is 5.69 Å². The number of nitrogens with one attached hydrogen (secondary N) is 4. The number of likely N-dealkylation sites (tertiary alicyclic amines) is 1. The number of amides is 2. The summed E-state index contributed by atoms with van der Waals surface area (Å²) in [6.45, 7) is 2.99. The fourth-order valence-corrected chi connectivity index (χ4v) is 2.94. The molecule has 1 aromatic carbocycles. The molecule has 1 saturated heterocycles. The zero-order chi connectivity index (χ0) is 17.6. The normalized spacial score (nSPS) is 17.6. The molecular formula is C16H21FN6O2. The van der Waals surface area contributed by atoms with Crippen molar-refractivity contribution in [2.45, 2.75) is 19.5 Å². The minimum atomic E-state index is -0.405. The Kier molecular flexibility index (Phi) is 5.44. The monoisotopic (exact) mass is 348 g/mol. The van der Waals surface area contributed by atoms with E-state index in [1.165, 1.54) is 6.07 Å². The maximum atomic E-state index is 13.7. The van der Waals surface area contributed by atoms with Crippen LogP contribution in [0.15, 0.2) is 29.1 Å². The molecule has 0 spiro atoms. The van der Waals surface area contributed by atoms with Gasteiger partial charge < -0.3 is 10.6 Å². The van der Waals surface area contributed by atoms with Crippen molar-refractivity contribution in [1.82, 2.24) is 30.7 Å². The van der Waals surface area contributed by atoms with Crippen LogP contribution in [-0.4, -0.2) is 45.7 Å². The molecule has 25 heavy (non-hydrogen) atoms. The molecule has 0 bridgehead atoms. The lowest BCUT2D eigenvalue weighted by atomic mass is 10.1. The van der Waals surface area contributed by atoms with Gasteiger partial charge in [-0.1, -0.05) is 18.2 Å². The number of halogens is 1. The molecule has 2 heterocycles. The molecule has 1 atom stereocenters. The molecule has 0 saturated carbocycles. The number of urea groups is 1. The summed E-state index contributed by atoms with van der Waals surface area (Å²) >= 11 is 0. The van der Waals surface area contributed by atoms with Crippen LogP contribution in [0.25, 0.3) is 0 Å². The molecule has 1 unspecified atom stereocenters. The lowest BCUT2D eigenvalue weighted by Gasteiger charge is -2.17. The van der Waals surface area contributed by atoms with E-state index in [0.717, 1.165) is 19.5 Å². The Morgan fingerprint density at radius 3 is 2.96 bits per heavy atom. The SMILES string of the molecule is O=C(NCc1n[nH]c(=O)[nH]1)NCC1CCN(Cc2ccccc2F)C1. The van der Waals surface area contributed by atoms with Crippen molar-refractivity contribution < 1.29 is 9.18 Å². The third kappa shape index (κ3) is 4.90. The quantitative estimate of drug-likeness (QED) is 0.612. The Morgan fingerprint density at radius 1 is 1.36 bits per heavy atom. The van der Waals surface area contributed by atoms with Crippen LogP contribution in [0.2, 0.25) is 0 Å². The van der Waals surface area contributed by atoms with Crippen molar-refractivity contribution in [3.05, 3.63) is 52.0 Å². The lowest BCUT2D eigenvalue weighted by molar-refractivity contribution is 0.237. The second-order valence-corrected chi connectivity index (χ2v) is 6.17. The first-order valence-corrected chi connectivity index (χ1v) is 8.21. The number of hydrogen-bond donors (Lipinski definition) is 4. The molecule has 1 aliphatic heterocycles. The zero-order valence-electron chi connectivity index (χ0n) is 13.7. The predicted octanol–water partition coefficient (Wildman–Crippen LogP) is 0.558. The molecule has 8 nitrogen and oxygen atoms in total. The van der Waals surface area contributed by atoms with Gasteiger partial charge in [0.2, 0.25) is 0 Å². The van der Waals surface area contributed by atoms with Crippen molar-refractivity contribution in [1.29, 1.82) is 0 Å². The first-order chi connectivity index (χ1) is 12.1. The van der Waals surface area contributed by atoms with Crippen LogP contribution in [0.3, 0.4) is 0 Å². The Bertz CT molecular complexity index is 774. The van der Waals surface area contributed by atoms with Crippen molar-refractivity contribution in [3.63, 3.8) is 0 Å². The van der Waals surface area contributed by atoms with Crippen LogP contribution in [0.4, 0.5) is 9.18 Å². The van der Waals surface area contributed by atoms with Crippen LogP contribution in [-0.2, 0) is 13.1 Å². The smallest absolute Gasteiger partial charge is 0.338 e. The van der Waals surface area contributed by atoms with E-state index in [9.17, 15) is 14.0 Å². The number of carbonyl (C=O) groups is 1. The van der Waals surface area contributed by atoms with E-state index >= 15 is 0 Å². The molecule has 0 aliphatic carbocycles. The van der Waals surface area contributed by atoms with Gasteiger partial charge >= 0.3 is 11.7 Å². The van der Waals surface area contributed by atoms with E-state index in [-0.39, 0.29) is 18.4 Å². The van der Waals surface area contributed by atoms with Crippen LogP contribution in [0, 0.1) is 11.7 Å². The van der Waals surface area contributed by atoms with Gasteiger partial charge in [0, 0.05) is 25.2 Å². The Morgan fingerprint density at radius 2 is 2.20 bits per heavy atom. The van der Waals surface area contributed by atoms with E-state index in [4.69, 9.17) is 0 Å². The zero-order valence-corrected chi connectivity index (χ0v) is 13.7. The number of H-pyrrole nitrogens is 2. The molecular weight excluding hydrogens is 327 g/mol. The van der Waals surface area contributed by atoms with Gasteiger partial charge in [0.25, 0.3) is 0 Å². The molecule has 1 aliphatic rings. The second kappa shape index (κ2) is 7.93. The minimum Gasteiger partial charge on any atom is -0.338 e. The molecule has 2 aromatic rings. The van der Waals surface area contributed by atoms with Gasteiger partial charge in [-0.15, -0.1) is 0 Å². The maximum Gasteiger partial charge on any atom is 0.340 e. The molecule has 0 radical (unpaired) electrons. The third-order valence-electron chi connectivity index (χ3n) is 4.24.